The molecule has 0 atom stereocenters. The van der Waals surface area contributed by atoms with Gasteiger partial charge in [-0.2, -0.15) is 5.26 Å². The Hall–Kier alpha value is -1.53. The minimum Gasteiger partial charge on any atom is -0.496 e. The number of nitriles is 1. The lowest BCUT2D eigenvalue weighted by Crippen LogP contribution is -2.53. The van der Waals surface area contributed by atoms with Crippen molar-refractivity contribution in [2.24, 2.45) is 5.41 Å². The third-order valence-corrected chi connectivity index (χ3v) is 4.83. The number of nitrogens with zero attached hydrogens (tertiary/aromatic N) is 1. The maximum Gasteiger partial charge on any atom is 0.122 e. The first-order valence-electron chi connectivity index (χ1n) is 6.73. The highest BCUT2D eigenvalue weighted by molar-refractivity contribution is 5.49. The van der Waals surface area contributed by atoms with Crippen LogP contribution in [0, 0.1) is 30.6 Å². The molecule has 19 heavy (non-hydrogen) atoms. The second kappa shape index (κ2) is 3.98. The number of rotatable bonds is 3. The Morgan fingerprint density at radius 2 is 1.89 bits per heavy atom. The fourth-order valence-corrected chi connectivity index (χ4v) is 3.34. The van der Waals surface area contributed by atoms with Crippen LogP contribution in [0.25, 0.3) is 0 Å². The van der Waals surface area contributed by atoms with Crippen molar-refractivity contribution in [2.75, 3.05) is 20.3 Å². The maximum absolute atomic E-state index is 9.55. The van der Waals surface area contributed by atoms with Crippen molar-refractivity contribution >= 4 is 0 Å². The molecule has 100 valence electrons. The fraction of sp³-hybridized carbons (Fsp3) is 0.562. The van der Waals surface area contributed by atoms with Crippen LogP contribution in [-0.4, -0.2) is 20.3 Å². The van der Waals surface area contributed by atoms with Crippen molar-refractivity contribution in [3.63, 3.8) is 0 Å². The van der Waals surface area contributed by atoms with Gasteiger partial charge in [0.15, 0.2) is 0 Å². The molecule has 3 heteroatoms. The van der Waals surface area contributed by atoms with Gasteiger partial charge in [-0.3, -0.25) is 0 Å². The van der Waals surface area contributed by atoms with Crippen molar-refractivity contribution in [3.05, 3.63) is 28.8 Å². The SMILES string of the molecule is COc1cc(C)c(C2(C3(C#N)CC3)COC2)cc1C. The van der Waals surface area contributed by atoms with E-state index in [4.69, 9.17) is 9.47 Å². The molecular weight excluding hydrogens is 238 g/mol. The Bertz CT molecular complexity index is 563. The van der Waals surface area contributed by atoms with Gasteiger partial charge in [0.2, 0.25) is 0 Å². The summed E-state index contributed by atoms with van der Waals surface area (Å²) in [5.41, 5.74) is 3.31. The molecule has 1 aliphatic carbocycles. The molecule has 1 saturated carbocycles. The highest BCUT2D eigenvalue weighted by Gasteiger charge is 2.64. The van der Waals surface area contributed by atoms with E-state index in [1.807, 2.05) is 0 Å². The van der Waals surface area contributed by atoms with Crippen molar-refractivity contribution in [1.29, 1.82) is 5.26 Å². The molecule has 0 amide bonds. The van der Waals surface area contributed by atoms with E-state index < -0.39 is 0 Å². The van der Waals surface area contributed by atoms with E-state index >= 15 is 0 Å². The molecule has 1 aliphatic heterocycles. The van der Waals surface area contributed by atoms with Crippen LogP contribution in [0.4, 0.5) is 0 Å². The number of benzene rings is 1. The van der Waals surface area contributed by atoms with Gasteiger partial charge in [-0.15, -0.1) is 0 Å². The fourth-order valence-electron chi connectivity index (χ4n) is 3.34. The Morgan fingerprint density at radius 1 is 1.21 bits per heavy atom. The predicted molar refractivity (Wildman–Crippen MR) is 72.2 cm³/mol. The van der Waals surface area contributed by atoms with E-state index in [9.17, 15) is 5.26 Å². The van der Waals surface area contributed by atoms with E-state index in [0.29, 0.717) is 13.2 Å². The number of hydrogen-bond donors (Lipinski definition) is 0. The van der Waals surface area contributed by atoms with Gasteiger partial charge in [0.1, 0.15) is 5.75 Å². The number of ether oxygens (including phenoxy) is 2. The lowest BCUT2D eigenvalue weighted by Gasteiger charge is -2.46. The molecule has 0 aromatic heterocycles. The summed E-state index contributed by atoms with van der Waals surface area (Å²) in [6.07, 6.45) is 1.99. The first-order valence-corrected chi connectivity index (χ1v) is 6.73. The van der Waals surface area contributed by atoms with Crippen molar-refractivity contribution in [3.8, 4) is 11.8 Å². The number of hydrogen-bond acceptors (Lipinski definition) is 3. The van der Waals surface area contributed by atoms with E-state index in [0.717, 1.165) is 24.2 Å². The summed E-state index contributed by atoms with van der Waals surface area (Å²) in [5.74, 6) is 0.915. The van der Waals surface area contributed by atoms with Crippen LogP contribution in [0.1, 0.15) is 29.5 Å². The Morgan fingerprint density at radius 3 is 2.32 bits per heavy atom. The van der Waals surface area contributed by atoms with Crippen LogP contribution < -0.4 is 4.74 Å². The average molecular weight is 257 g/mol. The quantitative estimate of drug-likeness (QED) is 0.836. The van der Waals surface area contributed by atoms with Crippen LogP contribution in [0.15, 0.2) is 12.1 Å². The summed E-state index contributed by atoms with van der Waals surface area (Å²) in [6.45, 7) is 5.51. The van der Waals surface area contributed by atoms with Crippen LogP contribution in [0.5, 0.6) is 5.75 Å². The zero-order chi connectivity index (χ0) is 13.7. The van der Waals surface area contributed by atoms with Gasteiger partial charge in [-0.05, 0) is 49.4 Å². The minimum atomic E-state index is -0.197. The van der Waals surface area contributed by atoms with Gasteiger partial charge in [-0.1, -0.05) is 6.07 Å². The summed E-state index contributed by atoms with van der Waals surface area (Å²) < 4.78 is 10.9. The molecule has 0 bridgehead atoms. The molecule has 0 unspecified atom stereocenters. The summed E-state index contributed by atoms with van der Waals surface area (Å²) in [6, 6.07) is 6.83. The lowest BCUT2D eigenvalue weighted by atomic mass is 9.65. The van der Waals surface area contributed by atoms with Crippen LogP contribution in [0.2, 0.25) is 0 Å². The van der Waals surface area contributed by atoms with E-state index in [-0.39, 0.29) is 10.8 Å². The Labute approximate surface area is 114 Å². The zero-order valence-corrected chi connectivity index (χ0v) is 11.7. The summed E-state index contributed by atoms with van der Waals surface area (Å²) in [5, 5.41) is 9.55. The first kappa shape index (κ1) is 12.5. The summed E-state index contributed by atoms with van der Waals surface area (Å²) in [4.78, 5) is 0. The van der Waals surface area contributed by atoms with Gasteiger partial charge >= 0.3 is 0 Å². The molecule has 3 nitrogen and oxygen atoms in total. The van der Waals surface area contributed by atoms with Gasteiger partial charge in [0.25, 0.3) is 0 Å². The molecule has 2 aliphatic rings. The highest BCUT2D eigenvalue weighted by Crippen LogP contribution is 2.62. The third-order valence-electron chi connectivity index (χ3n) is 4.83. The zero-order valence-electron chi connectivity index (χ0n) is 11.7. The molecule has 1 saturated heterocycles. The summed E-state index contributed by atoms with van der Waals surface area (Å²) in [7, 11) is 1.70. The van der Waals surface area contributed by atoms with Crippen molar-refractivity contribution < 1.29 is 9.47 Å². The van der Waals surface area contributed by atoms with Crippen LogP contribution >= 0.6 is 0 Å². The first-order chi connectivity index (χ1) is 9.08. The molecule has 1 heterocycles. The smallest absolute Gasteiger partial charge is 0.122 e. The molecule has 0 radical (unpaired) electrons. The van der Waals surface area contributed by atoms with E-state index in [1.54, 1.807) is 7.11 Å². The summed E-state index contributed by atoms with van der Waals surface area (Å²) >= 11 is 0. The number of aryl methyl sites for hydroxylation is 2. The second-order valence-electron chi connectivity index (χ2n) is 5.91. The minimum absolute atomic E-state index is 0.0944. The van der Waals surface area contributed by atoms with E-state index in [1.165, 1.54) is 11.1 Å². The number of methoxy groups -OCH3 is 1. The van der Waals surface area contributed by atoms with Gasteiger partial charge < -0.3 is 9.47 Å². The molecule has 1 aromatic rings. The van der Waals surface area contributed by atoms with Gasteiger partial charge in [-0.25, -0.2) is 0 Å². The van der Waals surface area contributed by atoms with Crippen LogP contribution in [0.3, 0.4) is 0 Å². The molecule has 3 rings (SSSR count). The standard InChI is InChI=1S/C16H19NO2/c1-11-7-14(18-3)12(2)6-13(11)16(9-19-10-16)15(8-17)4-5-15/h6-7H,4-5,9-10H2,1-3H3. The molecule has 2 fully saturated rings. The average Bonchev–Trinajstić information content (AvgIpc) is 3.13. The molecule has 1 aromatic carbocycles. The second-order valence-corrected chi connectivity index (χ2v) is 5.91. The lowest BCUT2D eigenvalue weighted by molar-refractivity contribution is -0.0870. The largest absolute Gasteiger partial charge is 0.496 e. The topological polar surface area (TPSA) is 42.2 Å². The van der Waals surface area contributed by atoms with Crippen molar-refractivity contribution in [1.82, 2.24) is 0 Å². The highest BCUT2D eigenvalue weighted by atomic mass is 16.5. The molecule has 0 spiro atoms. The normalized spacial score (nSPS) is 22.2. The molecular formula is C16H19NO2. The molecule has 0 N–H and O–H groups in total. The van der Waals surface area contributed by atoms with Gasteiger partial charge in [0.05, 0.1) is 37.2 Å². The Kier molecular flexibility index (Phi) is 2.62. The third kappa shape index (κ3) is 1.53. The monoisotopic (exact) mass is 257 g/mol. The van der Waals surface area contributed by atoms with Crippen molar-refractivity contribution in [2.45, 2.75) is 32.1 Å². The van der Waals surface area contributed by atoms with E-state index in [2.05, 4.69) is 32.0 Å². The maximum atomic E-state index is 9.55. The predicted octanol–water partition coefficient (Wildman–Crippen LogP) is 2.88. The Balaban J connectivity index is 2.11. The van der Waals surface area contributed by atoms with Gasteiger partial charge in [0, 0.05) is 0 Å². The van der Waals surface area contributed by atoms with Crippen LogP contribution in [-0.2, 0) is 10.2 Å².